The number of pyridine rings is 1. The maximum atomic E-state index is 4.92. The van der Waals surface area contributed by atoms with Gasteiger partial charge in [-0.25, -0.2) is 0 Å². The molecule has 0 atom stereocenters. The van der Waals surface area contributed by atoms with Gasteiger partial charge in [0, 0.05) is 11.8 Å². The zero-order valence-electron chi connectivity index (χ0n) is 19.2. The molecule has 0 unspecified atom stereocenters. The lowest BCUT2D eigenvalue weighted by atomic mass is 9.92. The van der Waals surface area contributed by atoms with Crippen LogP contribution in [0.3, 0.4) is 0 Å². The SMILES string of the molecule is CC[Si](CC)(CC)c1sc2c(-c3cc(C(C)C)c4ccccc4c3)nccc2c1C. The zero-order valence-corrected chi connectivity index (χ0v) is 21.0. The van der Waals surface area contributed by atoms with E-state index in [0.717, 1.165) is 5.69 Å². The normalized spacial score (nSPS) is 12.4. The van der Waals surface area contributed by atoms with Crippen LogP contribution >= 0.6 is 11.3 Å². The highest BCUT2D eigenvalue weighted by Gasteiger charge is 2.33. The van der Waals surface area contributed by atoms with E-state index in [-0.39, 0.29) is 0 Å². The minimum absolute atomic E-state index is 0.481. The molecular weight excluding hydrogens is 398 g/mol. The van der Waals surface area contributed by atoms with Gasteiger partial charge in [-0.2, -0.15) is 0 Å². The Morgan fingerprint density at radius 3 is 2.30 bits per heavy atom. The lowest BCUT2D eigenvalue weighted by Crippen LogP contribution is -2.45. The first-order valence-corrected chi connectivity index (χ1v) is 14.8. The van der Waals surface area contributed by atoms with Crippen LogP contribution in [0.2, 0.25) is 18.1 Å². The Hall–Kier alpha value is -1.97. The van der Waals surface area contributed by atoms with Crippen LogP contribution < -0.4 is 4.50 Å². The van der Waals surface area contributed by atoms with Crippen molar-refractivity contribution in [3.8, 4) is 11.3 Å². The zero-order chi connectivity index (χ0) is 21.5. The van der Waals surface area contributed by atoms with Crippen LogP contribution in [0.25, 0.3) is 32.1 Å². The van der Waals surface area contributed by atoms with E-state index in [1.54, 1.807) is 4.50 Å². The van der Waals surface area contributed by atoms with E-state index in [4.69, 9.17) is 4.98 Å². The van der Waals surface area contributed by atoms with E-state index >= 15 is 0 Å². The molecule has 0 aliphatic rings. The molecule has 156 valence electrons. The van der Waals surface area contributed by atoms with Crippen molar-refractivity contribution in [2.75, 3.05) is 0 Å². The van der Waals surface area contributed by atoms with Gasteiger partial charge in [0.05, 0.1) is 18.5 Å². The molecule has 1 nitrogen and oxygen atoms in total. The average molecular weight is 432 g/mol. The van der Waals surface area contributed by atoms with Gasteiger partial charge in [-0.1, -0.05) is 77.0 Å². The summed E-state index contributed by atoms with van der Waals surface area (Å²) in [4.78, 5) is 4.92. The second-order valence-electron chi connectivity index (χ2n) is 8.87. The third-order valence-electron chi connectivity index (χ3n) is 7.15. The third-order valence-corrected chi connectivity index (χ3v) is 15.3. The first-order valence-electron chi connectivity index (χ1n) is 11.4. The third kappa shape index (κ3) is 3.32. The Balaban J connectivity index is 2.00. The van der Waals surface area contributed by atoms with E-state index in [1.807, 2.05) is 17.5 Å². The fourth-order valence-electron chi connectivity index (χ4n) is 5.05. The number of hydrogen-bond donors (Lipinski definition) is 0. The lowest BCUT2D eigenvalue weighted by molar-refractivity contribution is 0.876. The summed E-state index contributed by atoms with van der Waals surface area (Å²) in [6, 6.07) is 19.7. The van der Waals surface area contributed by atoms with Gasteiger partial charge < -0.3 is 0 Å². The quantitative estimate of drug-likeness (QED) is 0.280. The van der Waals surface area contributed by atoms with Crippen molar-refractivity contribution in [3.05, 3.63) is 59.8 Å². The molecule has 0 fully saturated rings. The van der Waals surface area contributed by atoms with E-state index in [1.165, 1.54) is 55.7 Å². The van der Waals surface area contributed by atoms with Gasteiger partial charge >= 0.3 is 0 Å². The van der Waals surface area contributed by atoms with Crippen LogP contribution in [0.15, 0.2) is 48.7 Å². The average Bonchev–Trinajstić information content (AvgIpc) is 3.12. The van der Waals surface area contributed by atoms with Crippen molar-refractivity contribution in [2.45, 2.75) is 65.6 Å². The van der Waals surface area contributed by atoms with Crippen LogP contribution in [0, 0.1) is 6.92 Å². The van der Waals surface area contributed by atoms with Gasteiger partial charge in [0.1, 0.15) is 0 Å². The Labute approximate surface area is 186 Å². The molecule has 0 aliphatic heterocycles. The van der Waals surface area contributed by atoms with Gasteiger partial charge in [-0.3, -0.25) is 4.98 Å². The second kappa shape index (κ2) is 8.28. The molecule has 0 radical (unpaired) electrons. The number of aryl methyl sites for hydroxylation is 1. The highest BCUT2D eigenvalue weighted by atomic mass is 32.1. The molecule has 4 rings (SSSR count). The molecule has 0 aliphatic carbocycles. The molecule has 0 N–H and O–H groups in total. The highest BCUT2D eigenvalue weighted by molar-refractivity contribution is 7.32. The number of hydrogen-bond acceptors (Lipinski definition) is 2. The molecular formula is C27H33NSSi. The minimum Gasteiger partial charge on any atom is -0.255 e. The van der Waals surface area contributed by atoms with Crippen molar-refractivity contribution in [1.82, 2.24) is 4.98 Å². The number of aromatic nitrogens is 1. The predicted octanol–water partition coefficient (Wildman–Crippen LogP) is 8.26. The molecule has 3 heteroatoms. The smallest absolute Gasteiger partial charge is 0.0991 e. The Bertz CT molecular complexity index is 1190. The molecule has 0 spiro atoms. The van der Waals surface area contributed by atoms with Crippen molar-refractivity contribution < 1.29 is 0 Å². The monoisotopic (exact) mass is 431 g/mol. The molecule has 0 saturated carbocycles. The van der Waals surface area contributed by atoms with Crippen LogP contribution in [0.4, 0.5) is 0 Å². The molecule has 2 aromatic carbocycles. The Kier molecular flexibility index (Phi) is 5.87. The summed E-state index contributed by atoms with van der Waals surface area (Å²) in [6.07, 6.45) is 2.01. The summed E-state index contributed by atoms with van der Waals surface area (Å²) in [6.45, 7) is 14.1. The van der Waals surface area contributed by atoms with Crippen molar-refractivity contribution in [3.63, 3.8) is 0 Å². The van der Waals surface area contributed by atoms with E-state index in [9.17, 15) is 0 Å². The number of rotatable bonds is 6. The number of fused-ring (bicyclic) bond motifs is 2. The molecule has 0 saturated heterocycles. The second-order valence-corrected chi connectivity index (χ2v) is 15.4. The summed E-state index contributed by atoms with van der Waals surface area (Å²) in [7, 11) is -1.43. The van der Waals surface area contributed by atoms with Gasteiger partial charge in [0.25, 0.3) is 0 Å². The Morgan fingerprint density at radius 1 is 0.933 bits per heavy atom. The van der Waals surface area contributed by atoms with Crippen molar-refractivity contribution in [2.24, 2.45) is 0 Å². The summed E-state index contributed by atoms with van der Waals surface area (Å²) < 4.78 is 3.08. The van der Waals surface area contributed by atoms with Gasteiger partial charge in [-0.05, 0) is 62.8 Å². The fourth-order valence-corrected chi connectivity index (χ4v) is 12.0. The first kappa shape index (κ1) is 21.3. The molecule has 2 heterocycles. The topological polar surface area (TPSA) is 12.9 Å². The van der Waals surface area contributed by atoms with E-state index in [0.29, 0.717) is 5.92 Å². The predicted molar refractivity (Wildman–Crippen MR) is 138 cm³/mol. The molecule has 0 amide bonds. The lowest BCUT2D eigenvalue weighted by Gasteiger charge is -2.27. The Morgan fingerprint density at radius 2 is 1.63 bits per heavy atom. The van der Waals surface area contributed by atoms with Crippen molar-refractivity contribution in [1.29, 1.82) is 0 Å². The number of benzene rings is 2. The molecule has 30 heavy (non-hydrogen) atoms. The van der Waals surface area contributed by atoms with Crippen LogP contribution in [0.5, 0.6) is 0 Å². The molecule has 4 aromatic rings. The number of thiophene rings is 1. The maximum absolute atomic E-state index is 4.92. The standard InChI is InChI=1S/C27H33NSSi/c1-7-30(8-2,9-3)27-19(6)22-14-15-28-25(26(22)29-27)21-16-20-12-10-11-13-23(20)24(17-21)18(4)5/h10-18H,7-9H2,1-6H3. The summed E-state index contributed by atoms with van der Waals surface area (Å²) in [5, 5.41) is 4.08. The van der Waals surface area contributed by atoms with Gasteiger partial charge in [0.15, 0.2) is 0 Å². The molecule has 0 bridgehead atoms. The minimum atomic E-state index is -1.43. The summed E-state index contributed by atoms with van der Waals surface area (Å²) in [5.41, 5.74) is 5.34. The highest BCUT2D eigenvalue weighted by Crippen LogP contribution is 2.38. The van der Waals surface area contributed by atoms with Crippen LogP contribution in [-0.2, 0) is 0 Å². The fraction of sp³-hybridized carbons (Fsp3) is 0.370. The summed E-state index contributed by atoms with van der Waals surface area (Å²) >= 11 is 2.04. The number of nitrogens with zero attached hydrogens (tertiary/aromatic N) is 1. The van der Waals surface area contributed by atoms with Gasteiger partial charge in [0.2, 0.25) is 0 Å². The van der Waals surface area contributed by atoms with E-state index < -0.39 is 8.07 Å². The summed E-state index contributed by atoms with van der Waals surface area (Å²) in [5.74, 6) is 0.481. The molecule has 2 aromatic heterocycles. The van der Waals surface area contributed by atoms with Gasteiger partial charge in [-0.15, -0.1) is 11.3 Å². The largest absolute Gasteiger partial charge is 0.255 e. The van der Waals surface area contributed by atoms with Crippen molar-refractivity contribution >= 4 is 44.8 Å². The van der Waals surface area contributed by atoms with Crippen LogP contribution in [0.1, 0.15) is 51.7 Å². The van der Waals surface area contributed by atoms with E-state index in [2.05, 4.69) is 84.0 Å². The van der Waals surface area contributed by atoms with Crippen LogP contribution in [-0.4, -0.2) is 13.1 Å². The first-order chi connectivity index (χ1) is 14.5. The maximum Gasteiger partial charge on any atom is 0.0991 e.